The van der Waals surface area contributed by atoms with Gasteiger partial charge in [0.05, 0.1) is 11.4 Å². The molecule has 0 saturated heterocycles. The zero-order valence-electron chi connectivity index (χ0n) is 30.1. The number of aliphatic imine (C=N–C) groups is 1. The normalized spacial score (nSPS) is 16.6. The van der Waals surface area contributed by atoms with E-state index >= 15 is 0 Å². The molecule has 0 saturated carbocycles. The number of benzene rings is 4. The van der Waals surface area contributed by atoms with Gasteiger partial charge in [-0.15, -0.1) is 0 Å². The number of aliphatic carboxylic acids is 1. The highest BCUT2D eigenvalue weighted by Gasteiger charge is 2.23. The molecule has 280 valence electrons. The number of ketones is 1. The molecule has 0 radical (unpaired) electrons. The molecule has 3 aliphatic rings. The van der Waals surface area contributed by atoms with Gasteiger partial charge in [0.2, 0.25) is 0 Å². The number of fused-ring (bicyclic) bond motifs is 2. The van der Waals surface area contributed by atoms with E-state index in [9.17, 15) is 29.4 Å². The zero-order valence-corrected chi connectivity index (χ0v) is 30.1. The van der Waals surface area contributed by atoms with Gasteiger partial charge in [-0.25, -0.2) is 9.79 Å². The largest absolute Gasteiger partial charge is 0.507 e. The van der Waals surface area contributed by atoms with Crippen LogP contribution in [0.5, 0.6) is 23.0 Å². The Hall–Kier alpha value is -6.69. The van der Waals surface area contributed by atoms with Crippen LogP contribution in [0.25, 0.3) is 0 Å². The average molecular weight is 742 g/mol. The summed E-state index contributed by atoms with van der Waals surface area (Å²) in [5, 5.41) is 27.2. The van der Waals surface area contributed by atoms with Crippen molar-refractivity contribution >= 4 is 35.0 Å². The lowest BCUT2D eigenvalue weighted by atomic mass is 9.91. The predicted octanol–water partition coefficient (Wildman–Crippen LogP) is 4.69. The van der Waals surface area contributed by atoms with E-state index in [2.05, 4.69) is 10.6 Å². The van der Waals surface area contributed by atoms with Gasteiger partial charge in [-0.2, -0.15) is 0 Å². The molecule has 12 heteroatoms. The number of nitrogens with zero attached hydrogens (tertiary/aromatic N) is 1. The maximum Gasteiger partial charge on any atom is 0.341 e. The van der Waals surface area contributed by atoms with Crippen LogP contribution >= 0.6 is 0 Å². The Morgan fingerprint density at radius 1 is 0.727 bits per heavy atom. The van der Waals surface area contributed by atoms with E-state index in [-0.39, 0.29) is 63.5 Å². The van der Waals surface area contributed by atoms with E-state index in [1.165, 1.54) is 12.2 Å². The molecule has 2 aliphatic carbocycles. The topological polar surface area (TPSA) is 173 Å². The van der Waals surface area contributed by atoms with E-state index in [0.717, 1.165) is 0 Å². The number of carboxylic acids is 1. The number of rotatable bonds is 4. The molecule has 0 aromatic heterocycles. The highest BCUT2D eigenvalue weighted by Crippen LogP contribution is 2.40. The molecular formula is C43H39N3O9. The summed E-state index contributed by atoms with van der Waals surface area (Å²) in [5.74, 6) is -0.778. The fourth-order valence-electron chi connectivity index (χ4n) is 7.01. The maximum absolute atomic E-state index is 13.0. The van der Waals surface area contributed by atoms with Crippen LogP contribution in [0, 0.1) is 0 Å². The van der Waals surface area contributed by atoms with Gasteiger partial charge >= 0.3 is 5.97 Å². The van der Waals surface area contributed by atoms with Crippen molar-refractivity contribution in [2.75, 3.05) is 32.9 Å². The number of ether oxygens (including phenoxy) is 3. The molecule has 0 atom stereocenters. The number of para-hydroxylation sites is 3. The van der Waals surface area contributed by atoms with Gasteiger partial charge in [0, 0.05) is 49.9 Å². The number of amides is 2. The van der Waals surface area contributed by atoms with Crippen molar-refractivity contribution in [1.82, 2.24) is 10.6 Å². The summed E-state index contributed by atoms with van der Waals surface area (Å²) >= 11 is 0. The minimum absolute atomic E-state index is 0.0355. The first-order valence-electron chi connectivity index (χ1n) is 17.9. The number of carboxylic acid groups (broad SMARTS) is 1. The van der Waals surface area contributed by atoms with Gasteiger partial charge < -0.3 is 35.1 Å². The minimum Gasteiger partial charge on any atom is -0.507 e. The summed E-state index contributed by atoms with van der Waals surface area (Å²) in [5.41, 5.74) is 7.10. The van der Waals surface area contributed by atoms with Crippen molar-refractivity contribution in [2.24, 2.45) is 4.99 Å². The third kappa shape index (κ3) is 8.59. The van der Waals surface area contributed by atoms with Gasteiger partial charge in [0.1, 0.15) is 23.0 Å². The Morgan fingerprint density at radius 2 is 1.20 bits per heavy atom. The van der Waals surface area contributed by atoms with Gasteiger partial charge in [-0.3, -0.25) is 14.4 Å². The number of allylic oxidation sites excluding steroid dienone is 4. The number of carbonyl (C=O) groups is 4. The van der Waals surface area contributed by atoms with E-state index in [0.29, 0.717) is 78.7 Å². The molecule has 4 aromatic carbocycles. The van der Waals surface area contributed by atoms with Crippen molar-refractivity contribution < 1.29 is 43.6 Å². The molecule has 2 amide bonds. The van der Waals surface area contributed by atoms with E-state index in [4.69, 9.17) is 19.2 Å². The first kappa shape index (κ1) is 36.7. The van der Waals surface area contributed by atoms with Crippen molar-refractivity contribution in [1.29, 1.82) is 0 Å². The monoisotopic (exact) mass is 741 g/mol. The summed E-state index contributed by atoms with van der Waals surface area (Å²) in [6, 6.07) is 20.4. The van der Waals surface area contributed by atoms with Gasteiger partial charge in [-0.05, 0) is 76.2 Å². The van der Waals surface area contributed by atoms with Crippen LogP contribution in [-0.4, -0.2) is 72.4 Å². The highest BCUT2D eigenvalue weighted by atomic mass is 16.5. The Balaban J connectivity index is 1.48. The number of aromatic hydroxyl groups is 1. The lowest BCUT2D eigenvalue weighted by Crippen LogP contribution is -2.38. The molecule has 0 spiro atoms. The fourth-order valence-corrected chi connectivity index (χ4v) is 7.01. The van der Waals surface area contributed by atoms with Crippen LogP contribution in [0.15, 0.2) is 95.5 Å². The van der Waals surface area contributed by atoms with Gasteiger partial charge in [0.15, 0.2) is 25.6 Å². The van der Waals surface area contributed by atoms with E-state index in [1.54, 1.807) is 18.2 Å². The third-order valence-corrected chi connectivity index (χ3v) is 9.53. The molecule has 1 aliphatic heterocycles. The molecule has 7 rings (SSSR count). The van der Waals surface area contributed by atoms with Gasteiger partial charge in [0.25, 0.3) is 11.8 Å². The van der Waals surface area contributed by atoms with Crippen LogP contribution in [0.3, 0.4) is 0 Å². The number of carbonyl (C=O) groups excluding carboxylic acids is 3. The molecule has 0 fully saturated rings. The number of phenolic OH excluding ortho intramolecular Hbond substituents is 1. The predicted molar refractivity (Wildman–Crippen MR) is 204 cm³/mol. The molecule has 10 bridgehead atoms. The van der Waals surface area contributed by atoms with Crippen LogP contribution < -0.4 is 24.8 Å². The van der Waals surface area contributed by atoms with Crippen LogP contribution in [0.2, 0.25) is 0 Å². The van der Waals surface area contributed by atoms with Crippen molar-refractivity contribution in [3.63, 3.8) is 0 Å². The van der Waals surface area contributed by atoms with Crippen LogP contribution in [0.4, 0.5) is 5.69 Å². The summed E-state index contributed by atoms with van der Waals surface area (Å²) in [6.45, 7) is 0.921. The van der Waals surface area contributed by atoms with Crippen LogP contribution in [0.1, 0.15) is 51.4 Å². The summed E-state index contributed by atoms with van der Waals surface area (Å²) in [4.78, 5) is 54.7. The molecular weight excluding hydrogens is 702 g/mol. The standard InChI is InChI=1S/C43H39N3O9/c1-25-15-35(47)11-12-36(25)46-34-20-32-18-30-9-3-5-26-16-28-7-2-8-29(43(28)55-24-39(50)51)17-27-6-4-10-31(19-33(21-34)40(32)52)42(27)54-23-38(49)45-14-13-44-37(48)22-53-41(26)30/h2-12,15,20-21,52H,13-14,16-19,22-24H2,1H3,(H,44,48)(H,45,49)(H,50,51). The van der Waals surface area contributed by atoms with Crippen molar-refractivity contribution in [3.8, 4) is 23.0 Å². The smallest absolute Gasteiger partial charge is 0.341 e. The molecule has 0 unspecified atom stereocenters. The van der Waals surface area contributed by atoms with Gasteiger partial charge in [-0.1, -0.05) is 54.6 Å². The fraction of sp³-hybridized carbons (Fsp3) is 0.233. The van der Waals surface area contributed by atoms with E-state index < -0.39 is 24.4 Å². The maximum atomic E-state index is 13.0. The summed E-state index contributed by atoms with van der Waals surface area (Å²) < 4.78 is 18.6. The Morgan fingerprint density at radius 3 is 1.67 bits per heavy atom. The highest BCUT2D eigenvalue weighted by molar-refractivity contribution is 6.20. The first-order valence-corrected chi connectivity index (χ1v) is 17.9. The third-order valence-electron chi connectivity index (χ3n) is 9.53. The number of hydrogen-bond donors (Lipinski definition) is 4. The minimum atomic E-state index is -1.13. The lowest BCUT2D eigenvalue weighted by Gasteiger charge is -2.21. The second-order valence-electron chi connectivity index (χ2n) is 13.6. The van der Waals surface area contributed by atoms with Crippen molar-refractivity contribution in [2.45, 2.75) is 32.6 Å². The average Bonchev–Trinajstić information content (AvgIpc) is 3.14. The Labute approximate surface area is 317 Å². The summed E-state index contributed by atoms with van der Waals surface area (Å²) in [7, 11) is 0. The number of hydrogen-bond acceptors (Lipinski definition) is 9. The quantitative estimate of drug-likeness (QED) is 0.191. The lowest BCUT2D eigenvalue weighted by molar-refractivity contribution is -0.139. The molecule has 12 nitrogen and oxygen atoms in total. The Kier molecular flexibility index (Phi) is 10.8. The van der Waals surface area contributed by atoms with Crippen LogP contribution in [-0.2, 0) is 44.9 Å². The second kappa shape index (κ2) is 16.1. The number of nitrogens with one attached hydrogen (secondary N) is 2. The molecule has 55 heavy (non-hydrogen) atoms. The Bertz CT molecular complexity index is 2190. The molecule has 1 heterocycles. The second-order valence-corrected chi connectivity index (χ2v) is 13.6. The summed E-state index contributed by atoms with van der Waals surface area (Å²) in [6.07, 6.45) is 5.55. The first-order chi connectivity index (χ1) is 26.6. The van der Waals surface area contributed by atoms with Crippen molar-refractivity contribution in [3.05, 3.63) is 135 Å². The van der Waals surface area contributed by atoms with E-state index in [1.807, 2.05) is 61.5 Å². The SMILES string of the molecule is CC1=CC(=O)C=CC1=Nc1cc2c(O)c(c1)Cc1cccc3c1OCC(=O)NCCNC(=O)COc1c(cccc1Cc1cccc(c1OCC(=O)O)C3)C2. The molecule has 4 N–H and O–H groups in total. The number of phenols is 1. The zero-order chi connectivity index (χ0) is 38.5. The molecule has 4 aromatic rings.